The molecule has 0 saturated carbocycles. The minimum Gasteiger partial charge on any atom is -0.545 e. The Morgan fingerprint density at radius 1 is 1.43 bits per heavy atom. The highest BCUT2D eigenvalue weighted by atomic mass is 35.5. The fourth-order valence-electron chi connectivity index (χ4n) is 0.963. The fourth-order valence-corrected chi connectivity index (χ4v) is 1.16. The second-order valence-corrected chi connectivity index (χ2v) is 3.07. The molecule has 0 saturated heterocycles. The van der Waals surface area contributed by atoms with Crippen molar-refractivity contribution in [2.45, 2.75) is 6.92 Å². The van der Waals surface area contributed by atoms with Crippen molar-refractivity contribution >= 4 is 29.2 Å². The average molecular weight is 213 g/mol. The van der Waals surface area contributed by atoms with Gasteiger partial charge in [0.1, 0.15) is 0 Å². The molecule has 0 radical (unpaired) electrons. The van der Waals surface area contributed by atoms with Crippen molar-refractivity contribution in [2.75, 3.05) is 5.32 Å². The summed E-state index contributed by atoms with van der Waals surface area (Å²) in [7, 11) is 0. The highest BCUT2D eigenvalue weighted by molar-refractivity contribution is 6.33. The van der Waals surface area contributed by atoms with Gasteiger partial charge in [-0.05, 0) is 18.2 Å². The minimum atomic E-state index is -1.37. The number of carbonyl (C=O) groups is 2. The van der Waals surface area contributed by atoms with Gasteiger partial charge < -0.3 is 15.2 Å². The molecule has 1 aromatic rings. The van der Waals surface area contributed by atoms with E-state index in [9.17, 15) is 14.7 Å². The smallest absolute Gasteiger partial charge is 0.221 e. The lowest BCUT2D eigenvalue weighted by Crippen LogP contribution is -2.22. The van der Waals surface area contributed by atoms with Crippen LogP contribution in [-0.4, -0.2) is 11.9 Å². The van der Waals surface area contributed by atoms with E-state index in [1.54, 1.807) is 0 Å². The van der Waals surface area contributed by atoms with Crippen LogP contribution in [0.25, 0.3) is 0 Å². The Labute approximate surface area is 85.5 Å². The lowest BCUT2D eigenvalue weighted by molar-refractivity contribution is -0.255. The molecule has 0 heterocycles. The number of carboxylic acid groups (broad SMARTS) is 1. The third-order valence-electron chi connectivity index (χ3n) is 1.51. The van der Waals surface area contributed by atoms with Crippen LogP contribution >= 0.6 is 11.6 Å². The van der Waals surface area contributed by atoms with E-state index < -0.39 is 5.97 Å². The fraction of sp³-hybridized carbons (Fsp3) is 0.111. The number of amides is 1. The van der Waals surface area contributed by atoms with Gasteiger partial charge >= 0.3 is 0 Å². The van der Waals surface area contributed by atoms with Gasteiger partial charge in [0.05, 0.1) is 5.97 Å². The molecule has 0 aliphatic carbocycles. The topological polar surface area (TPSA) is 69.2 Å². The van der Waals surface area contributed by atoms with E-state index in [0.29, 0.717) is 5.69 Å². The maximum absolute atomic E-state index is 10.7. The number of halogens is 1. The highest BCUT2D eigenvalue weighted by Crippen LogP contribution is 2.19. The first-order valence-electron chi connectivity index (χ1n) is 3.79. The third-order valence-corrected chi connectivity index (χ3v) is 1.84. The number of aromatic carboxylic acids is 1. The van der Waals surface area contributed by atoms with Crippen LogP contribution in [0.5, 0.6) is 0 Å². The summed E-state index contributed by atoms with van der Waals surface area (Å²) in [4.78, 5) is 21.2. The van der Waals surface area contributed by atoms with E-state index in [0.717, 1.165) is 0 Å². The van der Waals surface area contributed by atoms with Gasteiger partial charge in [-0.1, -0.05) is 11.6 Å². The van der Waals surface area contributed by atoms with Gasteiger partial charge in [-0.2, -0.15) is 0 Å². The minimum absolute atomic E-state index is 0.0825. The maximum atomic E-state index is 10.7. The zero-order valence-electron chi connectivity index (χ0n) is 7.33. The van der Waals surface area contributed by atoms with Crippen LogP contribution in [0.1, 0.15) is 17.3 Å². The van der Waals surface area contributed by atoms with Crippen molar-refractivity contribution in [3.05, 3.63) is 28.8 Å². The SMILES string of the molecule is CC(=O)Nc1ccc(Cl)c(C(=O)[O-])c1. The van der Waals surface area contributed by atoms with E-state index >= 15 is 0 Å². The lowest BCUT2D eigenvalue weighted by atomic mass is 10.2. The summed E-state index contributed by atoms with van der Waals surface area (Å²) in [6, 6.07) is 4.15. The molecule has 0 aliphatic heterocycles. The Balaban J connectivity index is 3.06. The van der Waals surface area contributed by atoms with Crippen LogP contribution in [0.3, 0.4) is 0 Å². The molecule has 0 atom stereocenters. The second kappa shape index (κ2) is 4.11. The summed E-state index contributed by atoms with van der Waals surface area (Å²) in [5, 5.41) is 13.1. The number of hydrogen-bond donors (Lipinski definition) is 1. The summed E-state index contributed by atoms with van der Waals surface area (Å²) in [6.07, 6.45) is 0. The van der Waals surface area contributed by atoms with Crippen LogP contribution in [-0.2, 0) is 4.79 Å². The molecule has 14 heavy (non-hydrogen) atoms. The molecular formula is C9H7ClNO3-. The summed E-state index contributed by atoms with van der Waals surface area (Å²) >= 11 is 5.59. The van der Waals surface area contributed by atoms with Gasteiger partial charge in [0.25, 0.3) is 0 Å². The molecule has 1 rings (SSSR count). The van der Waals surface area contributed by atoms with E-state index in [4.69, 9.17) is 11.6 Å². The number of rotatable bonds is 2. The van der Waals surface area contributed by atoms with Gasteiger partial charge in [-0.3, -0.25) is 4.79 Å². The molecule has 0 spiro atoms. The normalized spacial score (nSPS) is 9.57. The molecule has 74 valence electrons. The van der Waals surface area contributed by atoms with E-state index in [-0.39, 0.29) is 16.5 Å². The van der Waals surface area contributed by atoms with Crippen molar-refractivity contribution in [3.8, 4) is 0 Å². The number of benzene rings is 1. The van der Waals surface area contributed by atoms with Crippen molar-refractivity contribution in [2.24, 2.45) is 0 Å². The van der Waals surface area contributed by atoms with Crippen LogP contribution in [0.4, 0.5) is 5.69 Å². The first-order chi connectivity index (χ1) is 6.50. The van der Waals surface area contributed by atoms with Crippen molar-refractivity contribution in [3.63, 3.8) is 0 Å². The summed E-state index contributed by atoms with van der Waals surface area (Å²) in [5.74, 6) is -1.65. The Kier molecular flexibility index (Phi) is 3.09. The molecule has 4 nitrogen and oxygen atoms in total. The lowest BCUT2D eigenvalue weighted by Gasteiger charge is -2.08. The summed E-state index contributed by atoms with van der Waals surface area (Å²) in [5.41, 5.74) is 0.235. The third kappa shape index (κ3) is 2.47. The monoisotopic (exact) mass is 212 g/mol. The molecule has 0 unspecified atom stereocenters. The summed E-state index contributed by atoms with van der Waals surface area (Å²) in [6.45, 7) is 1.33. The van der Waals surface area contributed by atoms with E-state index in [2.05, 4.69) is 5.32 Å². The number of hydrogen-bond acceptors (Lipinski definition) is 3. The Morgan fingerprint density at radius 3 is 2.57 bits per heavy atom. The number of carboxylic acids is 1. The molecule has 1 N–H and O–H groups in total. The number of carbonyl (C=O) groups excluding carboxylic acids is 2. The van der Waals surface area contributed by atoms with Crippen LogP contribution in [0.2, 0.25) is 5.02 Å². The van der Waals surface area contributed by atoms with Gasteiger partial charge in [0.2, 0.25) is 5.91 Å². The van der Waals surface area contributed by atoms with Gasteiger partial charge in [-0.15, -0.1) is 0 Å². The maximum Gasteiger partial charge on any atom is 0.221 e. The predicted octanol–water partition coefficient (Wildman–Crippen LogP) is 0.662. The zero-order valence-corrected chi connectivity index (χ0v) is 8.09. The Hall–Kier alpha value is -1.55. The van der Waals surface area contributed by atoms with Crippen molar-refractivity contribution < 1.29 is 14.7 Å². The zero-order chi connectivity index (χ0) is 10.7. The molecule has 0 bridgehead atoms. The largest absolute Gasteiger partial charge is 0.545 e. The summed E-state index contributed by atoms with van der Waals surface area (Å²) < 4.78 is 0. The van der Waals surface area contributed by atoms with E-state index in [1.165, 1.54) is 25.1 Å². The van der Waals surface area contributed by atoms with Crippen molar-refractivity contribution in [1.29, 1.82) is 0 Å². The number of anilines is 1. The predicted molar refractivity (Wildman–Crippen MR) is 50.1 cm³/mol. The van der Waals surface area contributed by atoms with E-state index in [1.807, 2.05) is 0 Å². The van der Waals surface area contributed by atoms with Crippen LogP contribution in [0, 0.1) is 0 Å². The Morgan fingerprint density at radius 2 is 2.07 bits per heavy atom. The highest BCUT2D eigenvalue weighted by Gasteiger charge is 2.03. The second-order valence-electron chi connectivity index (χ2n) is 2.66. The average Bonchev–Trinajstić information content (AvgIpc) is 2.07. The molecule has 0 aliphatic rings. The first-order valence-corrected chi connectivity index (χ1v) is 4.17. The molecule has 0 aromatic heterocycles. The first kappa shape index (κ1) is 10.5. The van der Waals surface area contributed by atoms with Crippen LogP contribution < -0.4 is 10.4 Å². The van der Waals surface area contributed by atoms with Gasteiger partial charge in [-0.25, -0.2) is 0 Å². The van der Waals surface area contributed by atoms with Gasteiger partial charge in [0.15, 0.2) is 0 Å². The van der Waals surface area contributed by atoms with Gasteiger partial charge in [0, 0.05) is 23.2 Å². The number of nitrogens with one attached hydrogen (secondary N) is 1. The van der Waals surface area contributed by atoms with Crippen LogP contribution in [0.15, 0.2) is 18.2 Å². The Bertz CT molecular complexity index is 390. The van der Waals surface area contributed by atoms with Crippen molar-refractivity contribution in [1.82, 2.24) is 0 Å². The quantitative estimate of drug-likeness (QED) is 0.783. The molecule has 1 aromatic carbocycles. The molecular weight excluding hydrogens is 206 g/mol. The molecule has 0 fully saturated rings. The standard InChI is InChI=1S/C9H8ClNO3/c1-5(12)11-6-2-3-8(10)7(4-6)9(13)14/h2-4H,1H3,(H,11,12)(H,13,14)/p-1. The molecule has 1 amide bonds. The molecule has 5 heteroatoms.